The summed E-state index contributed by atoms with van der Waals surface area (Å²) >= 11 is 0. The second kappa shape index (κ2) is 8.88. The molecule has 5 rings (SSSR count). The van der Waals surface area contributed by atoms with Crippen molar-refractivity contribution in [3.8, 4) is 17.3 Å². The van der Waals surface area contributed by atoms with E-state index in [0.29, 0.717) is 17.4 Å². The van der Waals surface area contributed by atoms with Crippen molar-refractivity contribution in [3.05, 3.63) is 54.4 Å². The van der Waals surface area contributed by atoms with Crippen LogP contribution in [0.15, 0.2) is 53.1 Å². The molecular weight excluding hydrogens is 406 g/mol. The molecule has 1 saturated heterocycles. The second-order valence-electron chi connectivity index (χ2n) is 7.86. The van der Waals surface area contributed by atoms with Crippen LogP contribution in [0.3, 0.4) is 0 Å². The maximum atomic E-state index is 5.43. The van der Waals surface area contributed by atoms with E-state index in [-0.39, 0.29) is 0 Å². The Balaban J connectivity index is 1.18. The molecule has 3 aromatic heterocycles. The largest absolute Gasteiger partial charge is 0.497 e. The summed E-state index contributed by atoms with van der Waals surface area (Å²) in [6.45, 7) is 7.83. The number of aryl methyl sites for hydroxylation is 1. The Bertz CT molecular complexity index is 1160. The zero-order valence-corrected chi connectivity index (χ0v) is 18.4. The van der Waals surface area contributed by atoms with E-state index >= 15 is 0 Å². The highest BCUT2D eigenvalue weighted by atomic mass is 16.5. The molecule has 32 heavy (non-hydrogen) atoms. The number of aromatic nitrogens is 4. The third-order valence-electron chi connectivity index (χ3n) is 5.73. The lowest BCUT2D eigenvalue weighted by Gasteiger charge is -2.36. The first kappa shape index (κ1) is 20.3. The molecule has 1 aliphatic heterocycles. The van der Waals surface area contributed by atoms with Crippen molar-refractivity contribution in [2.24, 2.45) is 0 Å². The summed E-state index contributed by atoms with van der Waals surface area (Å²) in [6.07, 6.45) is 1.62. The van der Waals surface area contributed by atoms with Gasteiger partial charge in [0.2, 0.25) is 5.82 Å². The van der Waals surface area contributed by atoms with Gasteiger partial charge in [0.25, 0.3) is 5.78 Å². The Morgan fingerprint density at radius 1 is 1.06 bits per heavy atom. The number of ether oxygens (including phenoxy) is 1. The number of piperazine rings is 1. The highest BCUT2D eigenvalue weighted by molar-refractivity contribution is 5.53. The third-order valence-corrected chi connectivity index (χ3v) is 5.73. The summed E-state index contributed by atoms with van der Waals surface area (Å²) in [7, 11) is 1.70. The van der Waals surface area contributed by atoms with E-state index in [1.165, 1.54) is 5.69 Å². The number of furan rings is 1. The second-order valence-corrected chi connectivity index (χ2v) is 7.86. The topological polar surface area (TPSA) is 84.0 Å². The highest BCUT2D eigenvalue weighted by Gasteiger charge is 2.18. The van der Waals surface area contributed by atoms with Crippen molar-refractivity contribution >= 4 is 17.3 Å². The summed E-state index contributed by atoms with van der Waals surface area (Å²) in [5.74, 6) is 3.50. The van der Waals surface area contributed by atoms with Crippen LogP contribution in [-0.4, -0.2) is 70.9 Å². The molecule has 0 atom stereocenters. The van der Waals surface area contributed by atoms with Gasteiger partial charge in [-0.05, 0) is 43.3 Å². The predicted molar refractivity (Wildman–Crippen MR) is 123 cm³/mol. The molecule has 0 spiro atoms. The fraction of sp³-hybridized carbons (Fsp3) is 0.348. The molecule has 0 aliphatic carbocycles. The van der Waals surface area contributed by atoms with Crippen molar-refractivity contribution in [2.75, 3.05) is 56.6 Å². The minimum Gasteiger partial charge on any atom is -0.497 e. The van der Waals surface area contributed by atoms with Crippen molar-refractivity contribution in [1.29, 1.82) is 0 Å². The van der Waals surface area contributed by atoms with Gasteiger partial charge in [-0.15, -0.1) is 5.10 Å². The van der Waals surface area contributed by atoms with Crippen LogP contribution in [0, 0.1) is 6.92 Å². The van der Waals surface area contributed by atoms with Gasteiger partial charge in [0.15, 0.2) is 5.76 Å². The molecular formula is C23H27N7O2. The molecule has 9 heteroatoms. The molecule has 1 N–H and O–H groups in total. The maximum absolute atomic E-state index is 5.43. The van der Waals surface area contributed by atoms with E-state index in [1.54, 1.807) is 17.9 Å². The molecule has 0 saturated carbocycles. The summed E-state index contributed by atoms with van der Waals surface area (Å²) in [5.41, 5.74) is 2.14. The summed E-state index contributed by atoms with van der Waals surface area (Å²) in [5, 5.41) is 8.09. The molecule has 0 bridgehead atoms. The molecule has 1 aromatic carbocycles. The van der Waals surface area contributed by atoms with Gasteiger partial charge < -0.3 is 19.4 Å². The van der Waals surface area contributed by atoms with Crippen LogP contribution in [0.5, 0.6) is 5.75 Å². The number of fused-ring (bicyclic) bond motifs is 1. The van der Waals surface area contributed by atoms with Gasteiger partial charge in [-0.2, -0.15) is 9.50 Å². The summed E-state index contributed by atoms with van der Waals surface area (Å²) in [4.78, 5) is 13.9. The molecule has 1 fully saturated rings. The van der Waals surface area contributed by atoms with Gasteiger partial charge >= 0.3 is 0 Å². The summed E-state index contributed by atoms with van der Waals surface area (Å²) in [6, 6.07) is 14.0. The minimum atomic E-state index is 0.533. The molecule has 0 unspecified atom stereocenters. The SMILES string of the molecule is COc1ccc(N2CCN(CCNc3cc(C)nc4nc(-c5ccco5)nn34)CC2)cc1. The first-order valence-corrected chi connectivity index (χ1v) is 10.8. The van der Waals surface area contributed by atoms with Gasteiger partial charge in [-0.3, -0.25) is 4.90 Å². The number of anilines is 2. The summed E-state index contributed by atoms with van der Waals surface area (Å²) < 4.78 is 12.4. The lowest BCUT2D eigenvalue weighted by molar-refractivity contribution is 0.267. The number of nitrogens with zero attached hydrogens (tertiary/aromatic N) is 6. The highest BCUT2D eigenvalue weighted by Crippen LogP contribution is 2.21. The van der Waals surface area contributed by atoms with Crippen LogP contribution in [0.4, 0.5) is 11.5 Å². The average molecular weight is 434 g/mol. The normalized spacial score (nSPS) is 14.8. The molecule has 4 heterocycles. The van der Waals surface area contributed by atoms with Gasteiger partial charge in [-0.25, -0.2) is 4.98 Å². The van der Waals surface area contributed by atoms with E-state index in [9.17, 15) is 0 Å². The van der Waals surface area contributed by atoms with Gasteiger partial charge in [-0.1, -0.05) is 0 Å². The molecule has 0 amide bonds. The van der Waals surface area contributed by atoms with Crippen molar-refractivity contribution in [1.82, 2.24) is 24.5 Å². The van der Waals surface area contributed by atoms with Crippen LogP contribution in [-0.2, 0) is 0 Å². The standard InChI is InChI=1S/C23H27N7O2/c1-17-16-21(30-23(25-17)26-22(27-30)20-4-3-15-32-20)24-9-10-28-11-13-29(14-12-28)18-5-7-19(31-2)8-6-18/h3-8,15-16,24H,9-14H2,1-2H3. The van der Waals surface area contributed by atoms with E-state index in [0.717, 1.165) is 56.5 Å². The third kappa shape index (κ3) is 4.24. The lowest BCUT2D eigenvalue weighted by atomic mass is 10.2. The Labute approximate surface area is 186 Å². The number of methoxy groups -OCH3 is 1. The monoisotopic (exact) mass is 433 g/mol. The van der Waals surface area contributed by atoms with Crippen LogP contribution >= 0.6 is 0 Å². The molecule has 1 aliphatic rings. The van der Waals surface area contributed by atoms with Crippen LogP contribution in [0.25, 0.3) is 17.4 Å². The van der Waals surface area contributed by atoms with Crippen LogP contribution in [0.1, 0.15) is 5.69 Å². The Morgan fingerprint density at radius 2 is 1.88 bits per heavy atom. The zero-order valence-electron chi connectivity index (χ0n) is 18.4. The first-order chi connectivity index (χ1) is 15.7. The van der Waals surface area contributed by atoms with E-state index < -0.39 is 0 Å². The maximum Gasteiger partial charge on any atom is 0.254 e. The first-order valence-electron chi connectivity index (χ1n) is 10.8. The number of nitrogens with one attached hydrogen (secondary N) is 1. The Hall–Kier alpha value is -3.59. The van der Waals surface area contributed by atoms with Gasteiger partial charge in [0.1, 0.15) is 11.6 Å². The molecule has 0 radical (unpaired) electrons. The van der Waals surface area contributed by atoms with Crippen molar-refractivity contribution in [3.63, 3.8) is 0 Å². The average Bonchev–Trinajstić information content (AvgIpc) is 3.49. The van der Waals surface area contributed by atoms with Crippen LogP contribution < -0.4 is 15.0 Å². The molecule has 166 valence electrons. The van der Waals surface area contributed by atoms with E-state index in [4.69, 9.17) is 9.15 Å². The van der Waals surface area contributed by atoms with Crippen LogP contribution in [0.2, 0.25) is 0 Å². The van der Waals surface area contributed by atoms with Gasteiger partial charge in [0.05, 0.1) is 13.4 Å². The van der Waals surface area contributed by atoms with Crippen molar-refractivity contribution in [2.45, 2.75) is 6.92 Å². The fourth-order valence-corrected chi connectivity index (χ4v) is 3.99. The quantitative estimate of drug-likeness (QED) is 0.476. The van der Waals surface area contributed by atoms with Crippen molar-refractivity contribution < 1.29 is 9.15 Å². The Kier molecular flexibility index (Phi) is 5.64. The fourth-order valence-electron chi connectivity index (χ4n) is 3.99. The number of hydrogen-bond acceptors (Lipinski definition) is 8. The molecule has 9 nitrogen and oxygen atoms in total. The Morgan fingerprint density at radius 3 is 2.59 bits per heavy atom. The lowest BCUT2D eigenvalue weighted by Crippen LogP contribution is -2.47. The number of hydrogen-bond donors (Lipinski definition) is 1. The number of rotatable bonds is 7. The predicted octanol–water partition coefficient (Wildman–Crippen LogP) is 2.94. The smallest absolute Gasteiger partial charge is 0.254 e. The van der Waals surface area contributed by atoms with E-state index in [1.807, 2.05) is 37.3 Å². The minimum absolute atomic E-state index is 0.533. The van der Waals surface area contributed by atoms with E-state index in [2.05, 4.69) is 42.3 Å². The van der Waals surface area contributed by atoms with Gasteiger partial charge in [0, 0.05) is 56.7 Å². The zero-order chi connectivity index (χ0) is 21.9. The number of benzene rings is 1. The molecule has 4 aromatic rings.